The fourth-order valence-electron chi connectivity index (χ4n) is 4.05. The second kappa shape index (κ2) is 7.76. The molecule has 0 radical (unpaired) electrons. The Balaban J connectivity index is 1.65. The Bertz CT molecular complexity index is 1400. The van der Waals surface area contributed by atoms with Gasteiger partial charge in [-0.2, -0.15) is 0 Å². The normalized spacial score (nSPS) is 11.7. The lowest BCUT2D eigenvalue weighted by atomic mass is 9.81. The number of imidazole rings is 1. The van der Waals surface area contributed by atoms with Crippen molar-refractivity contribution in [1.29, 1.82) is 0 Å². The molecule has 0 aliphatic rings. The molecule has 1 aromatic carbocycles. The van der Waals surface area contributed by atoms with E-state index in [9.17, 15) is 0 Å². The molecular formula is C25H24N6S. The number of pyridine rings is 2. The van der Waals surface area contributed by atoms with Crippen LogP contribution < -0.4 is 11.1 Å². The number of hydrogen-bond donors (Lipinski definition) is 3. The van der Waals surface area contributed by atoms with Crippen molar-refractivity contribution < 1.29 is 0 Å². The summed E-state index contributed by atoms with van der Waals surface area (Å²) in [6, 6.07) is 14.5. The SMILES string of the molecule is CNc1ccc(-c2cncc(N)c2)cc1C(C)(C)c1nc2nccc(-c3cccs3)c2[nH]1. The van der Waals surface area contributed by atoms with E-state index in [0.717, 1.165) is 44.9 Å². The summed E-state index contributed by atoms with van der Waals surface area (Å²) < 4.78 is 0. The number of fused-ring (bicyclic) bond motifs is 1. The van der Waals surface area contributed by atoms with E-state index in [2.05, 4.69) is 69.8 Å². The molecule has 0 aliphatic carbocycles. The monoisotopic (exact) mass is 440 g/mol. The van der Waals surface area contributed by atoms with Crippen molar-refractivity contribution in [1.82, 2.24) is 19.9 Å². The molecule has 0 atom stereocenters. The Morgan fingerprint density at radius 1 is 1.06 bits per heavy atom. The predicted octanol–water partition coefficient (Wildman–Crippen LogP) is 5.70. The number of anilines is 2. The first-order valence-corrected chi connectivity index (χ1v) is 11.3. The highest BCUT2D eigenvalue weighted by molar-refractivity contribution is 7.13. The van der Waals surface area contributed by atoms with Crippen LogP contribution in [-0.2, 0) is 5.41 Å². The molecule has 4 aromatic heterocycles. The smallest absolute Gasteiger partial charge is 0.178 e. The van der Waals surface area contributed by atoms with Gasteiger partial charge < -0.3 is 16.0 Å². The molecule has 0 aliphatic heterocycles. The molecule has 0 amide bonds. The summed E-state index contributed by atoms with van der Waals surface area (Å²) in [5, 5.41) is 5.42. The zero-order valence-electron chi connectivity index (χ0n) is 18.2. The van der Waals surface area contributed by atoms with Gasteiger partial charge in [-0.1, -0.05) is 12.1 Å². The standard InChI is InChI=1S/C25H24N6S/c1-25(2,19-12-15(6-7-20(19)27-3)16-11-17(26)14-28-13-16)24-30-22-18(21-5-4-10-32-21)8-9-29-23(22)31-24/h4-14,27H,26H2,1-3H3,(H,29,30,31). The number of nitrogens with one attached hydrogen (secondary N) is 2. The summed E-state index contributed by atoms with van der Waals surface area (Å²) in [7, 11) is 1.94. The van der Waals surface area contributed by atoms with Crippen LogP contribution in [-0.4, -0.2) is 27.0 Å². The van der Waals surface area contributed by atoms with Gasteiger partial charge in [-0.25, -0.2) is 9.97 Å². The van der Waals surface area contributed by atoms with Crippen molar-refractivity contribution in [2.24, 2.45) is 0 Å². The van der Waals surface area contributed by atoms with Crippen LogP contribution in [0.2, 0.25) is 0 Å². The van der Waals surface area contributed by atoms with Crippen molar-refractivity contribution in [3.63, 3.8) is 0 Å². The summed E-state index contributed by atoms with van der Waals surface area (Å²) in [6.07, 6.45) is 5.31. The number of H-pyrrole nitrogens is 1. The van der Waals surface area contributed by atoms with Gasteiger partial charge in [0, 0.05) is 52.7 Å². The first kappa shape index (κ1) is 20.2. The van der Waals surface area contributed by atoms with E-state index in [1.54, 1.807) is 17.5 Å². The topological polar surface area (TPSA) is 92.5 Å². The Hall–Kier alpha value is -3.71. The molecule has 0 fully saturated rings. The van der Waals surface area contributed by atoms with Crippen LogP contribution in [0.3, 0.4) is 0 Å². The molecule has 5 rings (SSSR count). The molecule has 0 unspecified atom stereocenters. The zero-order valence-corrected chi connectivity index (χ0v) is 19.0. The zero-order chi connectivity index (χ0) is 22.3. The van der Waals surface area contributed by atoms with Crippen LogP contribution >= 0.6 is 11.3 Å². The molecule has 0 spiro atoms. The van der Waals surface area contributed by atoms with E-state index in [-0.39, 0.29) is 0 Å². The molecule has 6 nitrogen and oxygen atoms in total. The Morgan fingerprint density at radius 3 is 2.69 bits per heavy atom. The minimum atomic E-state index is -0.407. The Kier molecular flexibility index (Phi) is 4.90. The highest BCUT2D eigenvalue weighted by atomic mass is 32.1. The highest BCUT2D eigenvalue weighted by Crippen LogP contribution is 2.39. The van der Waals surface area contributed by atoms with Crippen LogP contribution in [0, 0.1) is 0 Å². The third kappa shape index (κ3) is 3.40. The lowest BCUT2D eigenvalue weighted by Crippen LogP contribution is -2.22. The molecule has 0 saturated heterocycles. The summed E-state index contributed by atoms with van der Waals surface area (Å²) in [5.41, 5.74) is 13.2. The van der Waals surface area contributed by atoms with Gasteiger partial charge in [0.1, 0.15) is 5.82 Å². The fraction of sp³-hybridized carbons (Fsp3) is 0.160. The van der Waals surface area contributed by atoms with Gasteiger partial charge in [0.05, 0.1) is 11.2 Å². The van der Waals surface area contributed by atoms with Gasteiger partial charge in [0.25, 0.3) is 0 Å². The lowest BCUT2D eigenvalue weighted by Gasteiger charge is -2.26. The minimum absolute atomic E-state index is 0.407. The summed E-state index contributed by atoms with van der Waals surface area (Å²) >= 11 is 1.71. The van der Waals surface area contributed by atoms with Gasteiger partial charge in [-0.05, 0) is 60.7 Å². The quantitative estimate of drug-likeness (QED) is 0.326. The van der Waals surface area contributed by atoms with Crippen LogP contribution in [0.15, 0.2) is 66.4 Å². The van der Waals surface area contributed by atoms with Gasteiger partial charge in [0.2, 0.25) is 0 Å². The van der Waals surface area contributed by atoms with Crippen molar-refractivity contribution in [2.75, 3.05) is 18.1 Å². The second-order valence-electron chi connectivity index (χ2n) is 8.26. The maximum Gasteiger partial charge on any atom is 0.178 e. The molecule has 5 aromatic rings. The number of benzene rings is 1. The van der Waals surface area contributed by atoms with Crippen LogP contribution in [0.25, 0.3) is 32.7 Å². The number of aromatic amines is 1. The minimum Gasteiger partial charge on any atom is -0.397 e. The maximum atomic E-state index is 5.97. The Morgan fingerprint density at radius 2 is 1.94 bits per heavy atom. The third-order valence-corrected chi connectivity index (χ3v) is 6.73. The number of nitrogens with zero attached hydrogens (tertiary/aromatic N) is 3. The average molecular weight is 441 g/mol. The largest absolute Gasteiger partial charge is 0.397 e. The van der Waals surface area contributed by atoms with Gasteiger partial charge in [-0.15, -0.1) is 11.3 Å². The first-order chi connectivity index (χ1) is 15.5. The molecular weight excluding hydrogens is 416 g/mol. The molecule has 32 heavy (non-hydrogen) atoms. The van der Waals surface area contributed by atoms with Crippen molar-refractivity contribution >= 4 is 33.9 Å². The van der Waals surface area contributed by atoms with Gasteiger partial charge in [-0.3, -0.25) is 4.98 Å². The summed E-state index contributed by atoms with van der Waals surface area (Å²) in [4.78, 5) is 18.4. The van der Waals surface area contributed by atoms with E-state index in [4.69, 9.17) is 10.7 Å². The number of aromatic nitrogens is 4. The number of nitrogens with two attached hydrogens (primary N) is 1. The van der Waals surface area contributed by atoms with Crippen molar-refractivity contribution in [3.8, 4) is 21.6 Å². The van der Waals surface area contributed by atoms with E-state index >= 15 is 0 Å². The fourth-order valence-corrected chi connectivity index (χ4v) is 4.80. The lowest BCUT2D eigenvalue weighted by molar-refractivity contribution is 0.602. The van der Waals surface area contributed by atoms with Gasteiger partial charge in [0.15, 0.2) is 5.65 Å². The molecule has 7 heteroatoms. The average Bonchev–Trinajstić information content (AvgIpc) is 3.49. The second-order valence-corrected chi connectivity index (χ2v) is 9.21. The van der Waals surface area contributed by atoms with Crippen LogP contribution in [0.1, 0.15) is 25.2 Å². The van der Waals surface area contributed by atoms with Crippen molar-refractivity contribution in [2.45, 2.75) is 19.3 Å². The first-order valence-electron chi connectivity index (χ1n) is 10.4. The van der Waals surface area contributed by atoms with Crippen LogP contribution in [0.5, 0.6) is 0 Å². The van der Waals surface area contributed by atoms with E-state index in [0.29, 0.717) is 5.69 Å². The Labute approximate surface area is 190 Å². The molecule has 4 heterocycles. The highest BCUT2D eigenvalue weighted by Gasteiger charge is 2.30. The van der Waals surface area contributed by atoms with E-state index in [1.165, 1.54) is 4.88 Å². The molecule has 0 bridgehead atoms. The van der Waals surface area contributed by atoms with Crippen molar-refractivity contribution in [3.05, 3.63) is 77.8 Å². The molecule has 160 valence electrons. The van der Waals surface area contributed by atoms with Gasteiger partial charge >= 0.3 is 0 Å². The number of rotatable bonds is 5. The number of thiophene rings is 1. The predicted molar refractivity (Wildman–Crippen MR) is 133 cm³/mol. The van der Waals surface area contributed by atoms with E-state index in [1.807, 2.05) is 31.6 Å². The maximum absolute atomic E-state index is 5.97. The molecule has 4 N–H and O–H groups in total. The number of nitrogen functional groups attached to an aromatic ring is 1. The summed E-state index contributed by atoms with van der Waals surface area (Å²) in [5.74, 6) is 0.864. The third-order valence-electron chi connectivity index (χ3n) is 5.83. The number of hydrogen-bond acceptors (Lipinski definition) is 6. The molecule has 0 saturated carbocycles. The summed E-state index contributed by atoms with van der Waals surface area (Å²) in [6.45, 7) is 4.35. The van der Waals surface area contributed by atoms with Crippen LogP contribution in [0.4, 0.5) is 11.4 Å². The van der Waals surface area contributed by atoms with E-state index < -0.39 is 5.41 Å².